The first-order chi connectivity index (χ1) is 7.79. The average Bonchev–Trinajstić information content (AvgIpc) is 2.83. The molecule has 0 spiro atoms. The van der Waals surface area contributed by atoms with Crippen LogP contribution in [0.1, 0.15) is 6.42 Å². The summed E-state index contributed by atoms with van der Waals surface area (Å²) in [5.41, 5.74) is 0.790. The van der Waals surface area contributed by atoms with Crippen molar-refractivity contribution in [2.24, 2.45) is 5.92 Å². The molecule has 1 fully saturated rings. The molecule has 1 aliphatic heterocycles. The number of hydrogen-bond donors (Lipinski definition) is 1. The van der Waals surface area contributed by atoms with Crippen LogP contribution >= 0.6 is 0 Å². The van der Waals surface area contributed by atoms with Gasteiger partial charge in [0.2, 0.25) is 5.91 Å². The molecule has 1 N–H and O–H groups in total. The lowest BCUT2D eigenvalue weighted by Gasteiger charge is -2.09. The number of ether oxygens (including phenoxy) is 2. The fourth-order valence-corrected chi connectivity index (χ4v) is 1.66. The topological polar surface area (TPSA) is 47.6 Å². The highest BCUT2D eigenvalue weighted by molar-refractivity contribution is 5.92. The Labute approximate surface area is 94.6 Å². The summed E-state index contributed by atoms with van der Waals surface area (Å²) in [6, 6.07) is 7.29. The van der Waals surface area contributed by atoms with Crippen molar-refractivity contribution in [2.45, 2.75) is 6.42 Å². The van der Waals surface area contributed by atoms with Gasteiger partial charge in [-0.25, -0.2) is 0 Å². The number of methoxy groups -OCH3 is 1. The maximum Gasteiger partial charge on any atom is 0.229 e. The van der Waals surface area contributed by atoms with E-state index in [9.17, 15) is 4.79 Å². The average molecular weight is 221 g/mol. The Hall–Kier alpha value is -1.55. The fourth-order valence-electron chi connectivity index (χ4n) is 1.66. The molecule has 1 heterocycles. The normalized spacial score (nSPS) is 19.4. The van der Waals surface area contributed by atoms with Gasteiger partial charge in [0.15, 0.2) is 0 Å². The van der Waals surface area contributed by atoms with E-state index in [1.54, 1.807) is 7.11 Å². The number of amides is 1. The Bertz CT molecular complexity index is 355. The van der Waals surface area contributed by atoms with Crippen molar-refractivity contribution in [1.82, 2.24) is 0 Å². The fraction of sp³-hybridized carbons (Fsp3) is 0.417. The molecule has 0 bridgehead atoms. The Balaban J connectivity index is 1.94. The third-order valence-corrected chi connectivity index (χ3v) is 2.66. The van der Waals surface area contributed by atoms with Crippen LogP contribution in [0.4, 0.5) is 5.69 Å². The van der Waals surface area contributed by atoms with Crippen LogP contribution in [0, 0.1) is 5.92 Å². The quantitative estimate of drug-likeness (QED) is 0.844. The number of rotatable bonds is 3. The Morgan fingerprint density at radius 2 is 2.19 bits per heavy atom. The monoisotopic (exact) mass is 221 g/mol. The first-order valence-electron chi connectivity index (χ1n) is 5.32. The molecule has 0 radical (unpaired) electrons. The van der Waals surface area contributed by atoms with Crippen LogP contribution in [0.15, 0.2) is 24.3 Å². The lowest BCUT2D eigenvalue weighted by molar-refractivity contribution is -0.119. The molecule has 1 atom stereocenters. The van der Waals surface area contributed by atoms with E-state index in [-0.39, 0.29) is 11.8 Å². The molecule has 1 amide bonds. The number of anilines is 1. The molecule has 0 aromatic heterocycles. The summed E-state index contributed by atoms with van der Waals surface area (Å²) in [5.74, 6) is 0.798. The van der Waals surface area contributed by atoms with Gasteiger partial charge < -0.3 is 14.8 Å². The van der Waals surface area contributed by atoms with Crippen LogP contribution < -0.4 is 10.1 Å². The van der Waals surface area contributed by atoms with Crippen molar-refractivity contribution in [2.75, 3.05) is 25.6 Å². The molecule has 1 aromatic carbocycles. The van der Waals surface area contributed by atoms with E-state index in [0.717, 1.165) is 17.9 Å². The molecule has 1 aliphatic rings. The molecule has 2 rings (SSSR count). The third-order valence-electron chi connectivity index (χ3n) is 2.66. The van der Waals surface area contributed by atoms with Crippen molar-refractivity contribution < 1.29 is 14.3 Å². The highest BCUT2D eigenvalue weighted by Gasteiger charge is 2.23. The summed E-state index contributed by atoms with van der Waals surface area (Å²) in [6.45, 7) is 1.21. The highest BCUT2D eigenvalue weighted by atomic mass is 16.5. The second kappa shape index (κ2) is 4.99. The van der Waals surface area contributed by atoms with Gasteiger partial charge in [0.1, 0.15) is 5.75 Å². The molecule has 1 saturated heterocycles. The van der Waals surface area contributed by atoms with E-state index < -0.39 is 0 Å². The number of carbonyl (C=O) groups is 1. The molecular formula is C12H15NO3. The van der Waals surface area contributed by atoms with Crippen molar-refractivity contribution in [3.63, 3.8) is 0 Å². The van der Waals surface area contributed by atoms with Crippen LogP contribution in [0.3, 0.4) is 0 Å². The second-order valence-corrected chi connectivity index (χ2v) is 3.78. The molecule has 0 saturated carbocycles. The maximum absolute atomic E-state index is 11.7. The van der Waals surface area contributed by atoms with E-state index >= 15 is 0 Å². The zero-order valence-electron chi connectivity index (χ0n) is 9.23. The number of nitrogens with one attached hydrogen (secondary N) is 1. The summed E-state index contributed by atoms with van der Waals surface area (Å²) >= 11 is 0. The van der Waals surface area contributed by atoms with Gasteiger partial charge in [0.25, 0.3) is 0 Å². The first-order valence-corrected chi connectivity index (χ1v) is 5.32. The predicted molar refractivity (Wildman–Crippen MR) is 60.5 cm³/mol. The van der Waals surface area contributed by atoms with Crippen molar-refractivity contribution in [3.8, 4) is 5.75 Å². The van der Waals surface area contributed by atoms with E-state index in [4.69, 9.17) is 9.47 Å². The van der Waals surface area contributed by atoms with Gasteiger partial charge in [-0.3, -0.25) is 4.79 Å². The molecule has 1 aromatic rings. The SMILES string of the molecule is COc1ccc(NC(=O)C2CCOC2)cc1. The van der Waals surface area contributed by atoms with Crippen LogP contribution in [0.25, 0.3) is 0 Å². The van der Waals surface area contributed by atoms with Crippen LogP contribution in [0.2, 0.25) is 0 Å². The standard InChI is InChI=1S/C12H15NO3/c1-15-11-4-2-10(3-5-11)13-12(14)9-6-7-16-8-9/h2-5,9H,6-8H2,1H3,(H,13,14). The minimum absolute atomic E-state index is 0.0119. The maximum atomic E-state index is 11.7. The Kier molecular flexibility index (Phi) is 3.41. The van der Waals surface area contributed by atoms with Gasteiger partial charge in [-0.15, -0.1) is 0 Å². The number of benzene rings is 1. The Morgan fingerprint density at radius 3 is 2.75 bits per heavy atom. The molecular weight excluding hydrogens is 206 g/mol. The van der Waals surface area contributed by atoms with Gasteiger partial charge in [-0.2, -0.15) is 0 Å². The van der Waals surface area contributed by atoms with E-state index in [1.165, 1.54) is 0 Å². The minimum Gasteiger partial charge on any atom is -0.497 e. The summed E-state index contributed by atoms with van der Waals surface area (Å²) < 4.78 is 10.2. The molecule has 0 aliphatic carbocycles. The number of carbonyl (C=O) groups excluding carboxylic acids is 1. The van der Waals surface area contributed by atoms with Crippen LogP contribution in [-0.2, 0) is 9.53 Å². The summed E-state index contributed by atoms with van der Waals surface area (Å²) in [5, 5.41) is 2.86. The first kappa shape index (κ1) is 11.0. The number of hydrogen-bond acceptors (Lipinski definition) is 3. The van der Waals surface area contributed by atoms with Gasteiger partial charge in [-0.1, -0.05) is 0 Å². The zero-order valence-corrected chi connectivity index (χ0v) is 9.23. The van der Waals surface area contributed by atoms with E-state index in [0.29, 0.717) is 13.2 Å². The summed E-state index contributed by atoms with van der Waals surface area (Å²) in [7, 11) is 1.61. The molecule has 86 valence electrons. The van der Waals surface area contributed by atoms with Crippen molar-refractivity contribution in [1.29, 1.82) is 0 Å². The van der Waals surface area contributed by atoms with Gasteiger partial charge >= 0.3 is 0 Å². The zero-order chi connectivity index (χ0) is 11.4. The highest BCUT2D eigenvalue weighted by Crippen LogP contribution is 2.18. The van der Waals surface area contributed by atoms with Gasteiger partial charge in [0.05, 0.1) is 19.6 Å². The minimum atomic E-state index is -0.0119. The van der Waals surface area contributed by atoms with Crippen molar-refractivity contribution >= 4 is 11.6 Å². The second-order valence-electron chi connectivity index (χ2n) is 3.78. The summed E-state index contributed by atoms with van der Waals surface area (Å²) in [6.07, 6.45) is 0.808. The molecule has 1 unspecified atom stereocenters. The van der Waals surface area contributed by atoms with E-state index in [1.807, 2.05) is 24.3 Å². The molecule has 16 heavy (non-hydrogen) atoms. The third kappa shape index (κ3) is 2.52. The van der Waals surface area contributed by atoms with Crippen LogP contribution in [-0.4, -0.2) is 26.2 Å². The van der Waals surface area contributed by atoms with Crippen LogP contribution in [0.5, 0.6) is 5.75 Å². The lowest BCUT2D eigenvalue weighted by Crippen LogP contribution is -2.22. The van der Waals surface area contributed by atoms with Crippen molar-refractivity contribution in [3.05, 3.63) is 24.3 Å². The predicted octanol–water partition coefficient (Wildman–Crippen LogP) is 1.67. The van der Waals surface area contributed by atoms with E-state index in [2.05, 4.69) is 5.32 Å². The van der Waals surface area contributed by atoms with Gasteiger partial charge in [-0.05, 0) is 30.7 Å². The Morgan fingerprint density at radius 1 is 1.44 bits per heavy atom. The molecule has 4 nitrogen and oxygen atoms in total. The molecule has 4 heteroatoms. The smallest absolute Gasteiger partial charge is 0.229 e. The largest absolute Gasteiger partial charge is 0.497 e. The lowest BCUT2D eigenvalue weighted by atomic mass is 10.1. The summed E-state index contributed by atoms with van der Waals surface area (Å²) in [4.78, 5) is 11.7. The van der Waals surface area contributed by atoms with Gasteiger partial charge in [0, 0.05) is 12.3 Å².